The number of nitrogens with zero attached hydrogens (tertiary/aromatic N) is 2. The lowest BCUT2D eigenvalue weighted by molar-refractivity contribution is -0.137. The van der Waals surface area contributed by atoms with Crippen molar-refractivity contribution in [3.8, 4) is 0 Å². The van der Waals surface area contributed by atoms with E-state index in [2.05, 4.69) is 5.32 Å². The highest BCUT2D eigenvalue weighted by atomic mass is 32.2. The molecule has 3 amide bonds. The van der Waals surface area contributed by atoms with Gasteiger partial charge in [-0.25, -0.2) is 13.6 Å². The number of hydrogen-bond donors (Lipinski definition) is 1. The van der Waals surface area contributed by atoms with Gasteiger partial charge in [0.05, 0.1) is 4.90 Å². The molecule has 2 heterocycles. The summed E-state index contributed by atoms with van der Waals surface area (Å²) >= 11 is 0.983. The Bertz CT molecular complexity index is 679. The first-order chi connectivity index (χ1) is 13.0. The molecular formula is C19H25F2N3O2S. The molecule has 1 N–H and O–H groups in total. The van der Waals surface area contributed by atoms with Gasteiger partial charge in [-0.2, -0.15) is 0 Å². The molecule has 2 aliphatic heterocycles. The molecule has 0 radical (unpaired) electrons. The highest BCUT2D eigenvalue weighted by molar-refractivity contribution is 7.98. The van der Waals surface area contributed by atoms with Crippen LogP contribution in [0.25, 0.3) is 0 Å². The molecule has 2 fully saturated rings. The van der Waals surface area contributed by atoms with E-state index in [9.17, 15) is 18.4 Å². The Morgan fingerprint density at radius 3 is 2.15 bits per heavy atom. The zero-order valence-electron chi connectivity index (χ0n) is 15.5. The number of likely N-dealkylation sites (tertiary alicyclic amines) is 2. The van der Waals surface area contributed by atoms with Crippen molar-refractivity contribution in [1.29, 1.82) is 0 Å². The number of urea groups is 1. The normalized spacial score (nSPS) is 18.5. The molecule has 1 aromatic rings. The van der Waals surface area contributed by atoms with E-state index < -0.39 is 17.7 Å². The van der Waals surface area contributed by atoms with Crippen molar-refractivity contribution in [1.82, 2.24) is 9.80 Å². The van der Waals surface area contributed by atoms with Gasteiger partial charge in [-0.1, -0.05) is 0 Å². The van der Waals surface area contributed by atoms with E-state index in [0.717, 1.165) is 49.8 Å². The van der Waals surface area contributed by atoms with Crippen molar-refractivity contribution in [2.45, 2.75) is 37.0 Å². The van der Waals surface area contributed by atoms with Gasteiger partial charge in [0.2, 0.25) is 5.91 Å². The second kappa shape index (κ2) is 8.91. The van der Waals surface area contributed by atoms with Crippen molar-refractivity contribution < 1.29 is 18.4 Å². The molecule has 8 heteroatoms. The number of carbonyl (C=O) groups is 2. The van der Waals surface area contributed by atoms with Crippen LogP contribution in [0.3, 0.4) is 0 Å². The predicted molar refractivity (Wildman–Crippen MR) is 102 cm³/mol. The number of piperidine rings is 2. The highest BCUT2D eigenvalue weighted by Gasteiger charge is 2.30. The van der Waals surface area contributed by atoms with E-state index in [4.69, 9.17) is 0 Å². The third-order valence-electron chi connectivity index (χ3n) is 5.25. The number of nitrogens with one attached hydrogen (secondary N) is 1. The maximum atomic E-state index is 13.9. The molecule has 5 nitrogen and oxygen atoms in total. The summed E-state index contributed by atoms with van der Waals surface area (Å²) < 4.78 is 27.7. The zero-order valence-corrected chi connectivity index (χ0v) is 16.3. The van der Waals surface area contributed by atoms with Gasteiger partial charge >= 0.3 is 6.03 Å². The van der Waals surface area contributed by atoms with Crippen LogP contribution in [0.5, 0.6) is 0 Å². The fourth-order valence-corrected chi connectivity index (χ4v) is 4.24. The molecule has 2 aliphatic rings. The first-order valence-electron chi connectivity index (χ1n) is 9.37. The number of anilines is 1. The minimum atomic E-state index is -0.691. The number of hydrogen-bond acceptors (Lipinski definition) is 3. The Kier molecular flexibility index (Phi) is 6.57. The SMILES string of the molecule is CSc1c(F)cc(NC(=O)N2CCC(C(=O)N3CCCCC3)CC2)cc1F. The molecule has 2 saturated heterocycles. The summed E-state index contributed by atoms with van der Waals surface area (Å²) in [5.41, 5.74) is 0.0966. The van der Waals surface area contributed by atoms with Gasteiger partial charge < -0.3 is 15.1 Å². The largest absolute Gasteiger partial charge is 0.342 e. The quantitative estimate of drug-likeness (QED) is 0.786. The first kappa shape index (κ1) is 19.9. The monoisotopic (exact) mass is 397 g/mol. The average molecular weight is 397 g/mol. The van der Waals surface area contributed by atoms with Crippen LogP contribution < -0.4 is 5.32 Å². The molecule has 1 aromatic carbocycles. The Morgan fingerprint density at radius 1 is 1.00 bits per heavy atom. The summed E-state index contributed by atoms with van der Waals surface area (Å²) in [6.45, 7) is 2.60. The standard InChI is InChI=1S/C19H25F2N3O2S/c1-27-17-15(20)11-14(12-16(17)21)22-19(26)24-9-5-13(6-10-24)18(25)23-7-3-2-4-8-23/h11-13H,2-10H2,1H3,(H,22,26). The maximum Gasteiger partial charge on any atom is 0.321 e. The highest BCUT2D eigenvalue weighted by Crippen LogP contribution is 2.27. The number of benzene rings is 1. The Morgan fingerprint density at radius 2 is 1.59 bits per heavy atom. The van der Waals surface area contributed by atoms with Crippen molar-refractivity contribution >= 4 is 29.4 Å². The van der Waals surface area contributed by atoms with E-state index in [0.29, 0.717) is 25.9 Å². The molecule has 0 bridgehead atoms. The fourth-order valence-electron chi connectivity index (χ4n) is 3.73. The van der Waals surface area contributed by atoms with Crippen LogP contribution in [0.15, 0.2) is 17.0 Å². The van der Waals surface area contributed by atoms with Gasteiger partial charge in [0, 0.05) is 37.8 Å². The Labute approximate surface area is 162 Å². The van der Waals surface area contributed by atoms with Crippen LogP contribution >= 0.6 is 11.8 Å². The second-order valence-corrected chi connectivity index (χ2v) is 7.87. The minimum absolute atomic E-state index is 0.0390. The summed E-state index contributed by atoms with van der Waals surface area (Å²) in [6.07, 6.45) is 6.15. The molecule has 0 aliphatic carbocycles. The molecule has 148 valence electrons. The van der Waals surface area contributed by atoms with E-state index in [1.165, 1.54) is 6.42 Å². The molecule has 3 rings (SSSR count). The molecule has 0 saturated carbocycles. The van der Waals surface area contributed by atoms with Crippen LogP contribution in [0.2, 0.25) is 0 Å². The van der Waals surface area contributed by atoms with Crippen LogP contribution in [0, 0.1) is 17.6 Å². The summed E-state index contributed by atoms with van der Waals surface area (Å²) in [7, 11) is 0. The summed E-state index contributed by atoms with van der Waals surface area (Å²) in [6, 6.07) is 1.85. The molecule has 0 atom stereocenters. The van der Waals surface area contributed by atoms with Gasteiger partial charge in [-0.05, 0) is 50.5 Å². The van der Waals surface area contributed by atoms with E-state index in [-0.39, 0.29) is 22.4 Å². The molecular weight excluding hydrogens is 372 g/mol. The van der Waals surface area contributed by atoms with Crippen molar-refractivity contribution in [3.63, 3.8) is 0 Å². The number of carbonyl (C=O) groups excluding carboxylic acids is 2. The number of halogens is 2. The summed E-state index contributed by atoms with van der Waals surface area (Å²) in [5, 5.41) is 2.55. The number of thioether (sulfide) groups is 1. The smallest absolute Gasteiger partial charge is 0.321 e. The molecule has 27 heavy (non-hydrogen) atoms. The number of amides is 3. The predicted octanol–water partition coefficient (Wildman–Crippen LogP) is 3.94. The lowest BCUT2D eigenvalue weighted by Gasteiger charge is -2.35. The third kappa shape index (κ3) is 4.72. The first-order valence-corrected chi connectivity index (χ1v) is 10.6. The molecule has 0 unspecified atom stereocenters. The number of rotatable bonds is 3. The lowest BCUT2D eigenvalue weighted by Crippen LogP contribution is -2.46. The van der Waals surface area contributed by atoms with Gasteiger partial charge in [0.15, 0.2) is 0 Å². The van der Waals surface area contributed by atoms with E-state index in [1.807, 2.05) is 4.90 Å². The van der Waals surface area contributed by atoms with Crippen LogP contribution in [-0.2, 0) is 4.79 Å². The van der Waals surface area contributed by atoms with Gasteiger partial charge in [-0.15, -0.1) is 11.8 Å². The third-order valence-corrected chi connectivity index (χ3v) is 6.05. The van der Waals surface area contributed by atoms with Crippen LogP contribution in [-0.4, -0.2) is 54.2 Å². The van der Waals surface area contributed by atoms with E-state index >= 15 is 0 Å². The lowest BCUT2D eigenvalue weighted by atomic mass is 9.94. The van der Waals surface area contributed by atoms with Gasteiger partial charge in [0.25, 0.3) is 0 Å². The van der Waals surface area contributed by atoms with Crippen molar-refractivity contribution in [2.75, 3.05) is 37.8 Å². The average Bonchev–Trinajstić information content (AvgIpc) is 2.68. The summed E-state index contributed by atoms with van der Waals surface area (Å²) in [4.78, 5) is 28.4. The van der Waals surface area contributed by atoms with Crippen molar-refractivity contribution in [2.24, 2.45) is 5.92 Å². The van der Waals surface area contributed by atoms with Gasteiger partial charge in [-0.3, -0.25) is 4.79 Å². The minimum Gasteiger partial charge on any atom is -0.342 e. The van der Waals surface area contributed by atoms with Crippen LogP contribution in [0.4, 0.5) is 19.3 Å². The maximum absolute atomic E-state index is 13.9. The Hall–Kier alpha value is -1.83. The molecule has 0 spiro atoms. The second-order valence-electron chi connectivity index (χ2n) is 7.05. The fraction of sp³-hybridized carbons (Fsp3) is 0.579. The topological polar surface area (TPSA) is 52.7 Å². The van der Waals surface area contributed by atoms with E-state index in [1.54, 1.807) is 11.2 Å². The Balaban J connectivity index is 1.53. The summed E-state index contributed by atoms with van der Waals surface area (Å²) in [5.74, 6) is -1.22. The van der Waals surface area contributed by atoms with Gasteiger partial charge in [0.1, 0.15) is 11.6 Å². The molecule has 0 aromatic heterocycles. The van der Waals surface area contributed by atoms with Crippen molar-refractivity contribution in [3.05, 3.63) is 23.8 Å². The van der Waals surface area contributed by atoms with Crippen LogP contribution in [0.1, 0.15) is 32.1 Å². The zero-order chi connectivity index (χ0) is 19.4.